The molecule has 0 saturated carbocycles. The fourth-order valence-corrected chi connectivity index (χ4v) is 8.03. The highest BCUT2D eigenvalue weighted by Crippen LogP contribution is 2.44. The van der Waals surface area contributed by atoms with Crippen LogP contribution in [0.15, 0.2) is 131 Å². The maximum absolute atomic E-state index is 6.55. The largest absolute Gasteiger partial charge is 0.456 e. The number of benzene rings is 6. The Morgan fingerprint density at radius 2 is 1.00 bits per heavy atom. The van der Waals surface area contributed by atoms with Crippen LogP contribution >= 0.6 is 0 Å². The van der Waals surface area contributed by atoms with E-state index in [4.69, 9.17) is 8.83 Å². The molecule has 0 bridgehead atoms. The minimum Gasteiger partial charge on any atom is -0.456 e. The topological polar surface area (TPSA) is 29.5 Å². The van der Waals surface area contributed by atoms with E-state index in [0.717, 1.165) is 83.2 Å². The third kappa shape index (κ3) is 4.02. The molecule has 0 N–H and O–H groups in total. The van der Waals surface area contributed by atoms with Crippen molar-refractivity contribution in [1.29, 1.82) is 0 Å². The van der Waals surface area contributed by atoms with E-state index >= 15 is 0 Å². The van der Waals surface area contributed by atoms with E-state index in [1.54, 1.807) is 0 Å². The molecule has 0 saturated heterocycles. The molecular formula is C44H34BNO2. The molecule has 6 aromatic carbocycles. The number of hydrogen-bond acceptors (Lipinski definition) is 3. The summed E-state index contributed by atoms with van der Waals surface area (Å²) in [4.78, 5) is 2.44. The number of allylic oxidation sites excluding steroid dienone is 2. The first kappa shape index (κ1) is 28.5. The monoisotopic (exact) mass is 619 g/mol. The van der Waals surface area contributed by atoms with Gasteiger partial charge in [0.05, 0.1) is 5.69 Å². The molecular weight excluding hydrogens is 585 g/mol. The molecule has 8 aromatic rings. The van der Waals surface area contributed by atoms with Gasteiger partial charge in [-0.05, 0) is 73.0 Å². The zero-order valence-electron chi connectivity index (χ0n) is 27.6. The summed E-state index contributed by atoms with van der Waals surface area (Å²) in [5.41, 5.74) is 17.3. The Morgan fingerprint density at radius 1 is 0.542 bits per heavy atom. The molecule has 0 amide bonds. The van der Waals surface area contributed by atoms with Crippen LogP contribution in [0.2, 0.25) is 0 Å². The second kappa shape index (κ2) is 10.4. The Bertz CT molecular complexity index is 2500. The summed E-state index contributed by atoms with van der Waals surface area (Å²) in [6.07, 6.45) is 0. The maximum Gasteiger partial charge on any atom is 0.248 e. The Balaban J connectivity index is 1.50. The molecule has 1 aliphatic rings. The lowest BCUT2D eigenvalue weighted by atomic mass is 9.33. The molecule has 0 unspecified atom stereocenters. The molecule has 0 fully saturated rings. The zero-order chi connectivity index (χ0) is 32.8. The number of anilines is 3. The van der Waals surface area contributed by atoms with Crippen LogP contribution in [0.25, 0.3) is 55.0 Å². The van der Waals surface area contributed by atoms with Crippen LogP contribution in [-0.2, 0) is 0 Å². The van der Waals surface area contributed by atoms with Crippen molar-refractivity contribution in [3.63, 3.8) is 0 Å². The Hall–Kier alpha value is -5.74. The number of aryl methyl sites for hydroxylation is 2. The summed E-state index contributed by atoms with van der Waals surface area (Å²) in [6, 6.07) is 39.0. The quantitative estimate of drug-likeness (QED) is 0.184. The lowest BCUT2D eigenvalue weighted by Crippen LogP contribution is -2.59. The molecule has 230 valence electrons. The molecule has 1 aliphatic heterocycles. The van der Waals surface area contributed by atoms with E-state index in [-0.39, 0.29) is 6.71 Å². The van der Waals surface area contributed by atoms with Crippen LogP contribution in [0, 0.1) is 13.8 Å². The van der Waals surface area contributed by atoms with Gasteiger partial charge in [-0.2, -0.15) is 0 Å². The lowest BCUT2D eigenvalue weighted by Gasteiger charge is -2.39. The molecule has 0 aliphatic carbocycles. The maximum atomic E-state index is 6.55. The fraction of sp³-hybridized carbons (Fsp3) is 0.0909. The van der Waals surface area contributed by atoms with Gasteiger partial charge in [0.25, 0.3) is 0 Å². The van der Waals surface area contributed by atoms with Gasteiger partial charge in [0, 0.05) is 45.1 Å². The van der Waals surface area contributed by atoms with Gasteiger partial charge in [-0.1, -0.05) is 115 Å². The molecule has 2 aromatic heterocycles. The third-order valence-corrected chi connectivity index (χ3v) is 10.1. The first-order chi connectivity index (χ1) is 23.3. The van der Waals surface area contributed by atoms with E-state index in [1.165, 1.54) is 27.5 Å². The summed E-state index contributed by atoms with van der Waals surface area (Å²) in [7, 11) is 0. The number of furan rings is 2. The van der Waals surface area contributed by atoms with Gasteiger partial charge in [0.15, 0.2) is 0 Å². The van der Waals surface area contributed by atoms with Crippen LogP contribution in [0.5, 0.6) is 0 Å². The number of para-hydroxylation sites is 3. The predicted octanol–water partition coefficient (Wildman–Crippen LogP) is 10.5. The third-order valence-electron chi connectivity index (χ3n) is 10.1. The van der Waals surface area contributed by atoms with Gasteiger partial charge in [0.2, 0.25) is 6.71 Å². The van der Waals surface area contributed by atoms with E-state index < -0.39 is 0 Å². The number of nitrogens with zero attached hydrogens (tertiary/aromatic N) is 1. The molecule has 0 spiro atoms. The van der Waals surface area contributed by atoms with Crippen molar-refractivity contribution in [2.24, 2.45) is 0 Å². The summed E-state index contributed by atoms with van der Waals surface area (Å²) in [6.45, 7) is 17.4. The van der Waals surface area contributed by atoms with Gasteiger partial charge >= 0.3 is 0 Å². The van der Waals surface area contributed by atoms with Crippen molar-refractivity contribution in [3.8, 4) is 0 Å². The van der Waals surface area contributed by atoms with Gasteiger partial charge in [0.1, 0.15) is 22.3 Å². The normalized spacial score (nSPS) is 12.7. The molecule has 4 heteroatoms. The van der Waals surface area contributed by atoms with Crippen LogP contribution in [0.4, 0.5) is 17.1 Å². The molecule has 48 heavy (non-hydrogen) atoms. The molecule has 0 atom stereocenters. The van der Waals surface area contributed by atoms with E-state index in [0.29, 0.717) is 0 Å². The Labute approximate surface area is 280 Å². The van der Waals surface area contributed by atoms with Gasteiger partial charge in [-0.25, -0.2) is 0 Å². The van der Waals surface area contributed by atoms with E-state index in [9.17, 15) is 0 Å². The van der Waals surface area contributed by atoms with Crippen molar-refractivity contribution in [3.05, 3.63) is 145 Å². The molecule has 3 nitrogen and oxygen atoms in total. The van der Waals surface area contributed by atoms with Crippen molar-refractivity contribution in [2.75, 3.05) is 4.90 Å². The summed E-state index contributed by atoms with van der Waals surface area (Å²) < 4.78 is 13.1. The van der Waals surface area contributed by atoms with Crippen molar-refractivity contribution < 1.29 is 8.83 Å². The van der Waals surface area contributed by atoms with Crippen molar-refractivity contribution >= 4 is 95.2 Å². The fourth-order valence-electron chi connectivity index (χ4n) is 8.03. The standard InChI is InChI=1S/C44H34BNO2/c1-25(2)29-17-12-18-30(26(3)4)43(29)45-35-21-33-31-15-7-9-19-39(31)47-41(33)23-37(35)46(44-27(5)13-11-14-28(44)6)38-24-42-34(22-36(38)45)32-16-8-10-20-40(32)48-42/h7-24H,1,3H2,2,4-6H3. The predicted molar refractivity (Wildman–Crippen MR) is 206 cm³/mol. The average molecular weight is 620 g/mol. The number of rotatable bonds is 4. The number of hydrogen-bond donors (Lipinski definition) is 0. The zero-order valence-corrected chi connectivity index (χ0v) is 27.6. The van der Waals surface area contributed by atoms with Gasteiger partial charge in [-0.15, -0.1) is 0 Å². The van der Waals surface area contributed by atoms with Crippen molar-refractivity contribution in [2.45, 2.75) is 27.7 Å². The summed E-state index contributed by atoms with van der Waals surface area (Å²) in [5.74, 6) is 0. The smallest absolute Gasteiger partial charge is 0.248 e. The van der Waals surface area contributed by atoms with Crippen LogP contribution < -0.4 is 21.3 Å². The first-order valence-corrected chi connectivity index (χ1v) is 16.5. The van der Waals surface area contributed by atoms with Crippen LogP contribution in [0.1, 0.15) is 36.1 Å². The second-order valence-electron chi connectivity index (χ2n) is 13.3. The first-order valence-electron chi connectivity index (χ1n) is 16.5. The molecule has 0 radical (unpaired) electrons. The molecule has 3 heterocycles. The SMILES string of the molecule is C=C(C)c1cccc(C(=C)C)c1B1c2cc3c(cc2N(c2c(C)cccc2C)c2cc4oc5ccccc5c4cc21)oc1ccccc13. The van der Waals surface area contributed by atoms with Gasteiger partial charge in [-0.3, -0.25) is 0 Å². The minimum atomic E-state index is -0.119. The summed E-state index contributed by atoms with van der Waals surface area (Å²) >= 11 is 0. The highest BCUT2D eigenvalue weighted by atomic mass is 16.3. The Kier molecular flexibility index (Phi) is 6.16. The van der Waals surface area contributed by atoms with Gasteiger partial charge < -0.3 is 13.7 Å². The Morgan fingerprint density at radius 3 is 1.48 bits per heavy atom. The van der Waals surface area contributed by atoms with E-state index in [2.05, 4.69) is 143 Å². The van der Waals surface area contributed by atoms with E-state index in [1.807, 2.05) is 12.1 Å². The highest BCUT2D eigenvalue weighted by molar-refractivity contribution is 6.99. The van der Waals surface area contributed by atoms with Crippen LogP contribution in [0.3, 0.4) is 0 Å². The summed E-state index contributed by atoms with van der Waals surface area (Å²) in [5, 5.41) is 4.45. The van der Waals surface area contributed by atoms with Crippen molar-refractivity contribution in [1.82, 2.24) is 0 Å². The van der Waals surface area contributed by atoms with Crippen LogP contribution in [-0.4, -0.2) is 6.71 Å². The minimum absolute atomic E-state index is 0.119. The number of fused-ring (bicyclic) bond motifs is 8. The second-order valence-corrected chi connectivity index (χ2v) is 13.3. The highest BCUT2D eigenvalue weighted by Gasteiger charge is 2.40. The average Bonchev–Trinajstić information content (AvgIpc) is 3.63. The molecule has 9 rings (SSSR count). The lowest BCUT2D eigenvalue weighted by molar-refractivity contribution is 0.669.